The molecule has 0 aliphatic heterocycles. The molecule has 0 bridgehead atoms. The summed E-state index contributed by atoms with van der Waals surface area (Å²) in [5.74, 6) is 0. The van der Waals surface area contributed by atoms with Gasteiger partial charge in [-0.3, -0.25) is 6.08 Å². The minimum absolute atomic E-state index is 0. The number of aryl methyl sites for hydroxylation is 2. The predicted molar refractivity (Wildman–Crippen MR) is 204 cm³/mol. The van der Waals surface area contributed by atoms with Gasteiger partial charge in [0.05, 0.1) is 0 Å². The Hall–Kier alpha value is -2.38. The maximum atomic E-state index is 5.98. The van der Waals surface area contributed by atoms with Crippen LogP contribution in [0.1, 0.15) is 97.2 Å². The van der Waals surface area contributed by atoms with Crippen LogP contribution in [0.5, 0.6) is 0 Å². The first-order valence-corrected chi connectivity index (χ1v) is 18.6. The Kier molecular flexibility index (Phi) is 12.7. The number of fused-ring (bicyclic) bond motifs is 5. The third-order valence-electron chi connectivity index (χ3n) is 9.72. The first-order valence-electron chi connectivity index (χ1n) is 16.6. The van der Waals surface area contributed by atoms with Crippen LogP contribution in [0.4, 0.5) is 0 Å². The molecule has 0 nitrogen and oxygen atoms in total. The van der Waals surface area contributed by atoms with Gasteiger partial charge in [-0.05, 0) is 58.4 Å². The zero-order chi connectivity index (χ0) is 34.5. The molecule has 3 aliphatic carbocycles. The summed E-state index contributed by atoms with van der Waals surface area (Å²) in [6.45, 7) is 17.9. The number of hydrogen-bond donors (Lipinski definition) is 0. The average molecular weight is 816 g/mol. The average Bonchev–Trinajstić information content (AvgIpc) is 3.71. The largest absolute Gasteiger partial charge is 1.00 e. The van der Waals surface area contributed by atoms with Crippen molar-refractivity contribution in [2.24, 2.45) is 0 Å². The summed E-state index contributed by atoms with van der Waals surface area (Å²) in [5.41, 5.74) is 19.6. The van der Waals surface area contributed by atoms with Gasteiger partial charge in [-0.1, -0.05) is 72.1 Å². The van der Waals surface area contributed by atoms with Crippen molar-refractivity contribution in [3.63, 3.8) is 0 Å². The fraction of sp³-hybridized carbons (Fsp3) is 0.244. The van der Waals surface area contributed by atoms with Crippen molar-refractivity contribution >= 4 is 37.6 Å². The van der Waals surface area contributed by atoms with Crippen molar-refractivity contribution in [1.29, 1.82) is 0 Å². The second kappa shape index (κ2) is 15.7. The summed E-state index contributed by atoms with van der Waals surface area (Å²) in [6.07, 6.45) is 7.13. The summed E-state index contributed by atoms with van der Waals surface area (Å²) in [7, 11) is 0. The van der Waals surface area contributed by atoms with E-state index >= 15 is 0 Å². The Morgan fingerprint density at radius 1 is 0.700 bits per heavy atom. The van der Waals surface area contributed by atoms with Crippen LogP contribution >= 0.6 is 23.2 Å². The fourth-order valence-corrected chi connectivity index (χ4v) is 8.59. The van der Waals surface area contributed by atoms with E-state index in [1.807, 2.05) is 36.4 Å². The molecule has 0 N–H and O–H groups in total. The van der Waals surface area contributed by atoms with Gasteiger partial charge >= 0.3 is 120 Å². The van der Waals surface area contributed by atoms with Crippen LogP contribution in [0, 0.1) is 19.9 Å². The number of allylic oxidation sites excluding steroid dienone is 4. The normalized spacial score (nSPS) is 14.9. The summed E-state index contributed by atoms with van der Waals surface area (Å²) in [4.78, 5) is 0. The van der Waals surface area contributed by atoms with Crippen molar-refractivity contribution in [3.8, 4) is 11.1 Å². The number of benzene rings is 4. The van der Waals surface area contributed by atoms with Crippen molar-refractivity contribution in [1.82, 2.24) is 0 Å². The fourth-order valence-electron chi connectivity index (χ4n) is 7.45. The molecular formula is C45H42Cl4Zr-2. The van der Waals surface area contributed by atoms with Crippen LogP contribution in [-0.2, 0) is 41.5 Å². The maximum Gasteiger partial charge on any atom is -1.00 e. The molecule has 5 heteroatoms. The van der Waals surface area contributed by atoms with E-state index in [0.29, 0.717) is 0 Å². The van der Waals surface area contributed by atoms with Crippen molar-refractivity contribution < 1.29 is 49.0 Å². The number of hydrogen-bond acceptors (Lipinski definition) is 0. The monoisotopic (exact) mass is 812 g/mol. The van der Waals surface area contributed by atoms with E-state index in [-0.39, 0.29) is 35.6 Å². The van der Waals surface area contributed by atoms with Gasteiger partial charge in [0.15, 0.2) is 0 Å². The molecule has 0 aromatic heterocycles. The second-order valence-corrected chi connectivity index (χ2v) is 16.7. The molecule has 0 fully saturated rings. The molecule has 0 saturated heterocycles. The summed E-state index contributed by atoms with van der Waals surface area (Å²) >= 11 is 13.3. The molecule has 0 unspecified atom stereocenters. The summed E-state index contributed by atoms with van der Waals surface area (Å²) in [6, 6.07) is 32.0. The third-order valence-corrected chi connectivity index (χ3v) is 11.6. The number of halogens is 4. The third kappa shape index (κ3) is 8.30. The van der Waals surface area contributed by atoms with E-state index in [1.54, 1.807) is 0 Å². The van der Waals surface area contributed by atoms with E-state index in [9.17, 15) is 0 Å². The zero-order valence-electron chi connectivity index (χ0n) is 30.0. The van der Waals surface area contributed by atoms with Gasteiger partial charge in [0.25, 0.3) is 0 Å². The molecule has 5 aromatic carbocycles. The summed E-state index contributed by atoms with van der Waals surface area (Å²) < 4.78 is 1.26. The quantitative estimate of drug-likeness (QED) is 0.173. The molecule has 8 rings (SSSR count). The number of rotatable bonds is 2. The topological polar surface area (TPSA) is 0 Å². The van der Waals surface area contributed by atoms with Crippen LogP contribution < -0.4 is 24.8 Å². The Morgan fingerprint density at radius 2 is 1.24 bits per heavy atom. The van der Waals surface area contributed by atoms with Gasteiger partial charge in [-0.25, -0.2) is 17.2 Å². The van der Waals surface area contributed by atoms with Crippen LogP contribution in [0.15, 0.2) is 97.1 Å². The smallest absolute Gasteiger partial charge is 1.00 e. The van der Waals surface area contributed by atoms with Crippen LogP contribution in [0.25, 0.3) is 22.3 Å². The molecule has 0 saturated carbocycles. The predicted octanol–water partition coefficient (Wildman–Crippen LogP) is 6.59. The van der Waals surface area contributed by atoms with Gasteiger partial charge in [-0.2, -0.15) is 23.3 Å². The van der Waals surface area contributed by atoms with Gasteiger partial charge in [0, 0.05) is 5.41 Å². The van der Waals surface area contributed by atoms with E-state index in [4.69, 9.17) is 23.2 Å². The standard InChI is InChI=1S/C25H25.C13H8Cl2.C7H9.2ClH.Zr/c1-14-12-24(3,4)22-8-16-7-17-9-23-19(15(2)13-25(23,5)6)11-21(17)20(16)10-18(14)22;14-12-5-1-3-10(8-12)7-11-4-2-6-13(15)9-11;1-6-3-4-7(2)5-6;;;/h8-12H,7H2,1-6H3;1-6,8-9H;3-5H,1-2H3;2*1H;/q-1;;-1;;;+2/p-2. The zero-order valence-corrected chi connectivity index (χ0v) is 35.4. The van der Waals surface area contributed by atoms with Crippen LogP contribution in [-0.4, -0.2) is 3.21 Å². The maximum absolute atomic E-state index is 5.98. The minimum atomic E-state index is 0. The molecule has 0 amide bonds. The first kappa shape index (κ1) is 40.4. The van der Waals surface area contributed by atoms with E-state index < -0.39 is 0 Å². The van der Waals surface area contributed by atoms with E-state index in [2.05, 4.69) is 122 Å². The van der Waals surface area contributed by atoms with Crippen molar-refractivity contribution in [2.45, 2.75) is 72.6 Å². The molecule has 50 heavy (non-hydrogen) atoms. The molecule has 0 atom stereocenters. The minimum Gasteiger partial charge on any atom is -1.00 e. The van der Waals surface area contributed by atoms with Crippen molar-refractivity contribution in [2.75, 3.05) is 0 Å². The summed E-state index contributed by atoms with van der Waals surface area (Å²) in [5, 5.41) is 1.53. The van der Waals surface area contributed by atoms with Crippen LogP contribution in [0.2, 0.25) is 10.0 Å². The second-order valence-electron chi connectivity index (χ2n) is 14.6. The van der Waals surface area contributed by atoms with E-state index in [0.717, 1.165) is 27.6 Å². The van der Waals surface area contributed by atoms with Gasteiger partial charge in [0.2, 0.25) is 0 Å². The van der Waals surface area contributed by atoms with Crippen LogP contribution in [0.3, 0.4) is 0 Å². The van der Waals surface area contributed by atoms with Gasteiger partial charge in [-0.15, -0.1) is 11.6 Å². The van der Waals surface area contributed by atoms with Gasteiger partial charge in [0.1, 0.15) is 0 Å². The SMILES string of the molecule is CC1=[C-]C(C)(C)c2cc3c(cc21)-c1cc2c(cc1C3)C(C)(C)C=C2C.Cc1c[cH-]c(C)c1.Clc1cccc([C](=[Zr+2])c2cccc(Cl)c2)c1.[Cl-].[Cl-]. The molecule has 0 heterocycles. The first-order chi connectivity index (χ1) is 22.6. The molecule has 256 valence electrons. The Labute approximate surface area is 336 Å². The molecular weight excluding hydrogens is 774 g/mol. The van der Waals surface area contributed by atoms with E-state index in [1.165, 1.54) is 94.2 Å². The van der Waals surface area contributed by atoms with Crippen molar-refractivity contribution in [3.05, 3.63) is 169 Å². The van der Waals surface area contributed by atoms with Gasteiger partial charge < -0.3 is 24.8 Å². The molecule has 0 radical (unpaired) electrons. The Morgan fingerprint density at radius 3 is 1.72 bits per heavy atom. The Bertz CT molecular complexity index is 1990. The Balaban J connectivity index is 0.000000193. The molecule has 5 aromatic rings. The molecule has 3 aliphatic rings. The molecule has 0 spiro atoms.